The van der Waals surface area contributed by atoms with Crippen LogP contribution in [0, 0.1) is 0 Å². The summed E-state index contributed by atoms with van der Waals surface area (Å²) in [5.74, 6) is 0. The Balaban J connectivity index is 0.000000356. The van der Waals surface area contributed by atoms with Gasteiger partial charge in [0.2, 0.25) is 0 Å². The maximum absolute atomic E-state index is 10.7. The van der Waals surface area contributed by atoms with Crippen LogP contribution in [0.3, 0.4) is 0 Å². The topological polar surface area (TPSA) is 28.4 Å². The first kappa shape index (κ1) is 57.3. The van der Waals surface area contributed by atoms with Crippen molar-refractivity contribution in [2.75, 3.05) is 0 Å². The zero-order valence-electron chi connectivity index (χ0n) is 33.2. The van der Waals surface area contributed by atoms with Crippen molar-refractivity contribution in [3.05, 3.63) is 163 Å². The van der Waals surface area contributed by atoms with E-state index in [0.717, 1.165) is 37.6 Å². The van der Waals surface area contributed by atoms with Crippen LogP contribution in [-0.4, -0.2) is 4.98 Å². The van der Waals surface area contributed by atoms with Crippen LogP contribution in [0.2, 0.25) is 0 Å². The van der Waals surface area contributed by atoms with Crippen LogP contribution in [0.4, 0.5) is 101 Å². The van der Waals surface area contributed by atoms with Crippen molar-refractivity contribution in [2.45, 2.75) is 26.2 Å². The second-order valence-electron chi connectivity index (χ2n) is 14.3. The fourth-order valence-electron chi connectivity index (χ4n) is 5.35. The first-order valence-corrected chi connectivity index (χ1v) is 25.9. The van der Waals surface area contributed by atoms with E-state index in [1.54, 1.807) is 0 Å². The van der Waals surface area contributed by atoms with Gasteiger partial charge in [-0.15, -0.1) is 0 Å². The molecule has 68 heavy (non-hydrogen) atoms. The fourth-order valence-corrected chi connectivity index (χ4v) is 5.35. The number of pyridine rings is 5. The molecule has 0 fully saturated rings. The average Bonchev–Trinajstić information content (AvgIpc) is 3.08. The molecule has 0 radical (unpaired) electrons. The molecule has 0 aliphatic carbocycles. The van der Waals surface area contributed by atoms with Crippen LogP contribution in [-0.2, 0) is 26.2 Å². The van der Waals surface area contributed by atoms with Crippen molar-refractivity contribution in [3.8, 4) is 22.3 Å². The largest absolute Gasteiger partial charge is 0.244 e. The van der Waals surface area contributed by atoms with Crippen molar-refractivity contribution in [3.63, 3.8) is 0 Å². The van der Waals surface area contributed by atoms with Gasteiger partial charge in [-0.2, -0.15) is 9.13 Å². The molecule has 7 aliphatic rings. The molecule has 33 heteroatoms. The number of nitrogens with zero attached hydrogens (tertiary/aromatic N) is 5. The molecule has 13 rings (SSSR count). The van der Waals surface area contributed by atoms with E-state index < -0.39 is 31.2 Å². The van der Waals surface area contributed by atoms with Crippen LogP contribution in [0.15, 0.2) is 141 Å². The maximum Gasteiger partial charge on any atom is 0.190 e. The van der Waals surface area contributed by atoms with Gasteiger partial charge >= 0.3 is 132 Å². The molecule has 5 aromatic heterocycles. The second kappa shape index (κ2) is 16.3. The van der Waals surface area contributed by atoms with Gasteiger partial charge in [-0.3, -0.25) is 0 Å². The molecule has 0 N–H and O–H groups in total. The molecule has 0 saturated carbocycles. The Morgan fingerprint density at radius 1 is 0.279 bits per heavy atom. The summed E-state index contributed by atoms with van der Waals surface area (Å²) in [6.07, 6.45) is 17.2. The summed E-state index contributed by atoms with van der Waals surface area (Å²) >= 11 is 0. The third-order valence-corrected chi connectivity index (χ3v) is 7.51. The van der Waals surface area contributed by atoms with Crippen molar-refractivity contribution in [1.82, 2.24) is 4.98 Å². The molecule has 12 bridgehead atoms. The van der Waals surface area contributed by atoms with E-state index in [0.29, 0.717) is 0 Å². The molecule has 0 unspecified atom stereocenters. The molecular weight excluding hydrogens is 1070 g/mol. The number of aromatic nitrogens is 5. The zero-order valence-corrected chi connectivity index (χ0v) is 36.8. The third kappa shape index (κ3) is 35.2. The normalized spacial score (nSPS) is 16.9. The van der Waals surface area contributed by atoms with Gasteiger partial charge in [0.1, 0.15) is 11.4 Å². The summed E-state index contributed by atoms with van der Waals surface area (Å²) < 4.78 is 246. The Kier molecular flexibility index (Phi) is 13.7. The minimum atomic E-state index is -10.7. The van der Waals surface area contributed by atoms with Crippen LogP contribution in [0.5, 0.6) is 0 Å². The first-order valence-electron chi connectivity index (χ1n) is 17.8. The van der Waals surface area contributed by atoms with E-state index >= 15 is 0 Å². The van der Waals surface area contributed by atoms with Gasteiger partial charge in [-0.25, -0.2) is 14.1 Å². The molecule has 12 heterocycles. The number of hydrogen-bond acceptors (Lipinski definition) is 1. The van der Waals surface area contributed by atoms with Crippen molar-refractivity contribution < 1.29 is 119 Å². The molecule has 5 nitrogen and oxygen atoms in total. The van der Waals surface area contributed by atoms with Gasteiger partial charge in [0.05, 0.1) is 0 Å². The van der Waals surface area contributed by atoms with Crippen LogP contribution < -0.4 is 18.3 Å². The Morgan fingerprint density at radius 2 is 0.471 bits per heavy atom. The Labute approximate surface area is 366 Å². The first-order chi connectivity index (χ1) is 29.5. The molecule has 384 valence electrons. The van der Waals surface area contributed by atoms with Gasteiger partial charge in [-0.1, -0.05) is 24.3 Å². The van der Waals surface area contributed by atoms with E-state index in [1.807, 2.05) is 0 Å². The van der Waals surface area contributed by atoms with Gasteiger partial charge in [-0.05, 0) is 40.5 Å². The molecule has 1 aromatic carbocycles. The molecule has 0 saturated heterocycles. The van der Waals surface area contributed by atoms with Crippen LogP contribution in [0.1, 0.15) is 22.5 Å². The third-order valence-electron chi connectivity index (χ3n) is 7.51. The van der Waals surface area contributed by atoms with Crippen LogP contribution in [0.25, 0.3) is 22.3 Å². The SMILES string of the molecule is F[P-](F)(F)(F)(F)F.F[P-](F)(F)(F)(F)F.F[P-](F)(F)(F)(F)F.F[P-](F)(F)(F)(F)F.c1cc2cc(c1)C[n+]1ccc(cc1)-c1cc[n+](cc1)Cc1cccc(n1)C[n+]1ccc(cc1)-c1cc[n+](cc1)C2. The molecule has 0 atom stereocenters. The summed E-state index contributed by atoms with van der Waals surface area (Å²) in [5, 5.41) is 0. The monoisotopic (exact) mass is 1100 g/mol. The van der Waals surface area contributed by atoms with E-state index in [4.69, 9.17) is 4.98 Å². The smallest absolute Gasteiger partial charge is 0.190 e. The van der Waals surface area contributed by atoms with Gasteiger partial charge in [0.15, 0.2) is 75.8 Å². The zero-order chi connectivity index (χ0) is 52.4. The maximum atomic E-state index is 9.87. The summed E-state index contributed by atoms with van der Waals surface area (Å²) in [4.78, 5) is 4.94. The van der Waals surface area contributed by atoms with Gasteiger partial charge < -0.3 is 0 Å². The summed E-state index contributed by atoms with van der Waals surface area (Å²) in [7, 11) is -42.6. The molecule has 6 aromatic rings. The van der Waals surface area contributed by atoms with E-state index in [2.05, 4.69) is 159 Å². The second-order valence-corrected chi connectivity index (χ2v) is 22.0. The molecular formula is C35H31F24N5P4. The standard InChI is InChI=1S/C35H31N5.4F6P/c1-3-28-23-29(4-1)25-38-17-9-31(10-18-38)33-13-21-40(22-14-33)27-35-6-2-5-34(36-35)26-39-19-11-32(12-20-39)30-7-15-37(24-28)16-8-30;4*1-7(2,3,4,5)6/h1-23H,24-27H2;;;;/q+4;4*-1. The van der Waals surface area contributed by atoms with Gasteiger partial charge in [0, 0.05) is 59.7 Å². The number of rotatable bonds is 0. The summed E-state index contributed by atoms with van der Waals surface area (Å²) in [5.41, 5.74) is 9.53. The Bertz CT molecular complexity index is 2280. The van der Waals surface area contributed by atoms with E-state index in [-0.39, 0.29) is 0 Å². The predicted octanol–water partition coefficient (Wildman–Crippen LogP) is 17.6. The number of hydrogen-bond donors (Lipinski definition) is 0. The quantitative estimate of drug-likeness (QED) is 0.0845. The minimum Gasteiger partial charge on any atom is -0.244 e. The van der Waals surface area contributed by atoms with Crippen molar-refractivity contribution in [2.24, 2.45) is 0 Å². The minimum absolute atomic E-state index is 0.736. The predicted molar refractivity (Wildman–Crippen MR) is 206 cm³/mol. The number of halogens is 24. The molecule has 0 amide bonds. The van der Waals surface area contributed by atoms with E-state index in [9.17, 15) is 101 Å². The molecule has 0 spiro atoms. The van der Waals surface area contributed by atoms with Crippen molar-refractivity contribution >= 4 is 31.2 Å². The Morgan fingerprint density at radius 3 is 0.691 bits per heavy atom. The van der Waals surface area contributed by atoms with Gasteiger partial charge in [0.25, 0.3) is 0 Å². The van der Waals surface area contributed by atoms with E-state index in [1.165, 1.54) is 33.4 Å². The molecule has 7 aliphatic heterocycles. The average molecular weight is 1100 g/mol. The summed E-state index contributed by atoms with van der Waals surface area (Å²) in [6, 6.07) is 32.7. The van der Waals surface area contributed by atoms with Crippen molar-refractivity contribution in [1.29, 1.82) is 0 Å². The number of benzene rings is 1. The Hall–Kier alpha value is -4.99. The fraction of sp³-hybridized carbons (Fsp3) is 0.114. The van der Waals surface area contributed by atoms with Crippen LogP contribution >= 0.6 is 31.2 Å². The summed E-state index contributed by atoms with van der Waals surface area (Å²) in [6.45, 7) is 3.15.